The summed E-state index contributed by atoms with van der Waals surface area (Å²) in [5.41, 5.74) is 0.382. The summed E-state index contributed by atoms with van der Waals surface area (Å²) in [7, 11) is 1.36. The summed E-state index contributed by atoms with van der Waals surface area (Å²) in [6.45, 7) is -1.25. The number of nitriles is 1. The van der Waals surface area contributed by atoms with Crippen molar-refractivity contribution in [2.24, 2.45) is 0 Å². The minimum absolute atomic E-state index is 0.382. The minimum atomic E-state index is -3.08. The smallest absolute Gasteiger partial charge is 0.268 e. The summed E-state index contributed by atoms with van der Waals surface area (Å²) in [6.07, 6.45) is -0.681. The van der Waals surface area contributed by atoms with Gasteiger partial charge in [-0.3, -0.25) is 9.59 Å². The minimum Gasteiger partial charge on any atom is -0.343 e. The van der Waals surface area contributed by atoms with E-state index in [4.69, 9.17) is 5.26 Å². The second kappa shape index (κ2) is 7.82. The zero-order chi connectivity index (χ0) is 19.6. The topological polar surface area (TPSA) is 73.2 Å². The van der Waals surface area contributed by atoms with Crippen molar-refractivity contribution in [3.63, 3.8) is 0 Å². The molecule has 140 valence electrons. The molecule has 1 fully saturated rings. The molecule has 0 aliphatic carbocycles. The Kier molecular flexibility index (Phi) is 5.67. The van der Waals surface area contributed by atoms with Crippen molar-refractivity contribution < 1.29 is 18.4 Å². The maximum atomic E-state index is 13.5. The molecular formula is C18H14BrF2N3O2S. The molecule has 27 heavy (non-hydrogen) atoms. The molecule has 0 spiro atoms. The molecule has 1 heterocycles. The summed E-state index contributed by atoms with van der Waals surface area (Å²) in [4.78, 5) is 26.5. The first-order valence-electron chi connectivity index (χ1n) is 8.01. The Morgan fingerprint density at radius 2 is 2.15 bits per heavy atom. The van der Waals surface area contributed by atoms with E-state index >= 15 is 0 Å². The van der Waals surface area contributed by atoms with Crippen molar-refractivity contribution in [1.29, 1.82) is 5.26 Å². The van der Waals surface area contributed by atoms with Gasteiger partial charge in [-0.25, -0.2) is 8.78 Å². The summed E-state index contributed by atoms with van der Waals surface area (Å²) < 4.78 is 26.9. The van der Waals surface area contributed by atoms with Crippen LogP contribution in [0.4, 0.5) is 8.78 Å². The Balaban J connectivity index is 1.74. The van der Waals surface area contributed by atoms with Crippen LogP contribution in [0.3, 0.4) is 0 Å². The fourth-order valence-corrected chi connectivity index (χ4v) is 3.93. The van der Waals surface area contributed by atoms with Crippen LogP contribution in [0.5, 0.6) is 0 Å². The summed E-state index contributed by atoms with van der Waals surface area (Å²) in [5, 5.41) is 13.0. The Labute approximate surface area is 165 Å². The van der Waals surface area contributed by atoms with Gasteiger partial charge < -0.3 is 10.2 Å². The van der Waals surface area contributed by atoms with Crippen molar-refractivity contribution >= 4 is 47.6 Å². The van der Waals surface area contributed by atoms with Crippen molar-refractivity contribution in [3.05, 3.63) is 42.0 Å². The van der Waals surface area contributed by atoms with E-state index in [2.05, 4.69) is 20.1 Å². The monoisotopic (exact) mass is 453 g/mol. The lowest BCUT2D eigenvalue weighted by Gasteiger charge is -2.19. The van der Waals surface area contributed by atoms with Crippen molar-refractivity contribution in [1.82, 2.24) is 10.2 Å². The lowest BCUT2D eigenvalue weighted by atomic mass is 10.0. The van der Waals surface area contributed by atoms with Crippen LogP contribution in [-0.2, 0) is 4.79 Å². The molecule has 0 aromatic heterocycles. The maximum Gasteiger partial charge on any atom is 0.268 e. The van der Waals surface area contributed by atoms with Gasteiger partial charge in [0, 0.05) is 16.9 Å². The number of carbonyl (C=O) groups excluding carboxylic acids is 2. The zero-order valence-electron chi connectivity index (χ0n) is 13.9. The van der Waals surface area contributed by atoms with Gasteiger partial charge >= 0.3 is 0 Å². The second-order valence-electron chi connectivity index (χ2n) is 6.17. The zero-order valence-corrected chi connectivity index (χ0v) is 16.3. The highest BCUT2D eigenvalue weighted by Gasteiger charge is 2.47. The molecule has 0 bridgehead atoms. The Morgan fingerprint density at radius 3 is 2.85 bits per heavy atom. The number of nitrogens with zero attached hydrogens (tertiary/aromatic N) is 2. The van der Waals surface area contributed by atoms with Gasteiger partial charge in [-0.15, -0.1) is 0 Å². The number of fused-ring (bicyclic) bond motifs is 1. The predicted octanol–water partition coefficient (Wildman–Crippen LogP) is 3.73. The number of hydrogen-bond donors (Lipinski definition) is 1. The van der Waals surface area contributed by atoms with Crippen LogP contribution in [0.1, 0.15) is 16.8 Å². The SMILES string of the molecule is N#CC1CC(F)(F)CN1C(=O)CNC(=O)c1cccc2ccc(SBr)cc12. The molecule has 2 amide bonds. The van der Waals surface area contributed by atoms with Gasteiger partial charge in [0.25, 0.3) is 11.8 Å². The Bertz CT molecular complexity index is 948. The lowest BCUT2D eigenvalue weighted by Crippen LogP contribution is -2.43. The summed E-state index contributed by atoms with van der Waals surface area (Å²) in [6, 6.07) is 11.4. The fourth-order valence-electron chi connectivity index (χ4n) is 3.04. The van der Waals surface area contributed by atoms with Gasteiger partial charge in [0.15, 0.2) is 0 Å². The third-order valence-corrected chi connectivity index (χ3v) is 5.88. The van der Waals surface area contributed by atoms with Gasteiger partial charge in [-0.05, 0) is 54.0 Å². The number of amides is 2. The third kappa shape index (κ3) is 4.22. The van der Waals surface area contributed by atoms with E-state index in [0.29, 0.717) is 5.56 Å². The molecule has 3 rings (SSSR count). The van der Waals surface area contributed by atoms with Crippen molar-refractivity contribution in [3.8, 4) is 6.07 Å². The highest BCUT2D eigenvalue weighted by atomic mass is 79.9. The van der Waals surface area contributed by atoms with Gasteiger partial charge in [0.1, 0.15) is 6.04 Å². The molecule has 5 nitrogen and oxygen atoms in total. The van der Waals surface area contributed by atoms with E-state index in [1.807, 2.05) is 24.3 Å². The molecule has 1 N–H and O–H groups in total. The van der Waals surface area contributed by atoms with E-state index < -0.39 is 43.3 Å². The summed E-state index contributed by atoms with van der Waals surface area (Å²) in [5.74, 6) is -4.27. The number of carbonyl (C=O) groups is 2. The van der Waals surface area contributed by atoms with Crippen LogP contribution in [0.15, 0.2) is 41.3 Å². The number of hydrogen-bond acceptors (Lipinski definition) is 4. The van der Waals surface area contributed by atoms with Gasteiger partial charge in [0.2, 0.25) is 5.91 Å². The first-order valence-corrected chi connectivity index (χ1v) is 10.7. The van der Waals surface area contributed by atoms with Crippen LogP contribution in [0, 0.1) is 11.3 Å². The number of benzene rings is 2. The van der Waals surface area contributed by atoms with E-state index in [1.54, 1.807) is 18.2 Å². The van der Waals surface area contributed by atoms with E-state index in [0.717, 1.165) is 20.6 Å². The molecular weight excluding hydrogens is 440 g/mol. The first-order chi connectivity index (χ1) is 12.8. The van der Waals surface area contributed by atoms with Gasteiger partial charge in [-0.1, -0.05) is 18.2 Å². The van der Waals surface area contributed by atoms with E-state index in [1.165, 1.54) is 10.2 Å². The largest absolute Gasteiger partial charge is 0.343 e. The molecule has 2 aromatic carbocycles. The van der Waals surface area contributed by atoms with E-state index in [9.17, 15) is 18.4 Å². The predicted molar refractivity (Wildman–Crippen MR) is 102 cm³/mol. The average molecular weight is 454 g/mol. The van der Waals surface area contributed by atoms with Gasteiger partial charge in [0.05, 0.1) is 19.2 Å². The van der Waals surface area contributed by atoms with Gasteiger partial charge in [-0.2, -0.15) is 5.26 Å². The van der Waals surface area contributed by atoms with Crippen molar-refractivity contribution in [2.45, 2.75) is 23.3 Å². The van der Waals surface area contributed by atoms with Crippen molar-refractivity contribution in [2.75, 3.05) is 13.1 Å². The number of alkyl halides is 2. The van der Waals surface area contributed by atoms with Crippen LogP contribution in [-0.4, -0.2) is 41.8 Å². The Morgan fingerprint density at radius 1 is 1.37 bits per heavy atom. The van der Waals surface area contributed by atoms with Crippen LogP contribution < -0.4 is 5.32 Å². The number of nitrogens with one attached hydrogen (secondary N) is 1. The Hall–Kier alpha value is -2.18. The van der Waals surface area contributed by atoms with Crippen LogP contribution in [0.25, 0.3) is 10.8 Å². The third-order valence-electron chi connectivity index (χ3n) is 4.33. The molecule has 9 heteroatoms. The molecule has 1 unspecified atom stereocenters. The summed E-state index contributed by atoms with van der Waals surface area (Å²) >= 11 is 3.29. The molecule has 0 saturated carbocycles. The molecule has 1 atom stereocenters. The number of halogens is 3. The van der Waals surface area contributed by atoms with E-state index in [-0.39, 0.29) is 0 Å². The van der Waals surface area contributed by atoms with Crippen LogP contribution in [0.2, 0.25) is 0 Å². The molecule has 2 aromatic rings. The maximum absolute atomic E-state index is 13.5. The second-order valence-corrected chi connectivity index (χ2v) is 7.77. The number of likely N-dealkylation sites (tertiary alicyclic amines) is 1. The molecule has 1 aliphatic rings. The normalized spacial score (nSPS) is 18.3. The molecule has 1 saturated heterocycles. The highest BCUT2D eigenvalue weighted by molar-refractivity contribution is 9.50. The van der Waals surface area contributed by atoms with Crippen LogP contribution >= 0.6 is 25.0 Å². The first kappa shape index (κ1) is 19.6. The molecule has 1 aliphatic heterocycles. The molecule has 0 radical (unpaired) electrons. The standard InChI is InChI=1S/C18H14BrF2N3O2S/c19-27-13-5-4-11-2-1-3-14(15(11)6-13)17(26)23-9-16(25)24-10-18(20,21)7-12(24)8-22/h1-6,12H,7,9-10H2,(H,23,26). The highest BCUT2D eigenvalue weighted by Crippen LogP contribution is 2.32. The number of rotatable bonds is 4. The average Bonchev–Trinajstić information content (AvgIpc) is 2.99. The lowest BCUT2D eigenvalue weighted by molar-refractivity contribution is -0.131. The fraction of sp³-hybridized carbons (Fsp3) is 0.278. The quantitative estimate of drug-likeness (QED) is 0.765.